The van der Waals surface area contributed by atoms with E-state index < -0.39 is 0 Å². The molecule has 1 spiro atoms. The van der Waals surface area contributed by atoms with Gasteiger partial charge in [0, 0.05) is 19.6 Å². The first-order chi connectivity index (χ1) is 10.3. The van der Waals surface area contributed by atoms with Crippen LogP contribution in [0, 0.1) is 5.41 Å². The van der Waals surface area contributed by atoms with Gasteiger partial charge in [0.1, 0.15) is 0 Å². The smallest absolute Gasteiger partial charge is 0.165 e. The van der Waals surface area contributed by atoms with E-state index in [2.05, 4.69) is 32.7 Å². The van der Waals surface area contributed by atoms with Gasteiger partial charge in [0.15, 0.2) is 5.82 Å². The Morgan fingerprint density at radius 3 is 3.00 bits per heavy atom. The Morgan fingerprint density at radius 1 is 1.29 bits per heavy atom. The van der Waals surface area contributed by atoms with Crippen LogP contribution in [0.25, 0.3) is 0 Å². The SMILES string of the molecule is CCCCn1nnnc1CN1CCCC2(CCCNC2)C1. The second-order valence-electron chi connectivity index (χ2n) is 6.77. The van der Waals surface area contributed by atoms with Gasteiger partial charge in [-0.1, -0.05) is 13.3 Å². The molecule has 0 radical (unpaired) electrons. The van der Waals surface area contributed by atoms with Gasteiger partial charge in [0.2, 0.25) is 0 Å². The summed E-state index contributed by atoms with van der Waals surface area (Å²) in [6, 6.07) is 0. The molecular weight excluding hydrogens is 264 g/mol. The molecule has 3 rings (SSSR count). The Hall–Kier alpha value is -1.01. The number of unbranched alkanes of at least 4 members (excludes halogenated alkanes) is 1. The standard InChI is InChI=1S/C15H28N6/c1-2-3-10-21-14(17-18-19-21)11-20-9-5-7-15(13-20)6-4-8-16-12-15/h16H,2-13H2,1H3. The van der Waals surface area contributed by atoms with Crippen LogP contribution in [0.4, 0.5) is 0 Å². The quantitative estimate of drug-likeness (QED) is 0.890. The third-order valence-corrected chi connectivity index (χ3v) is 5.00. The minimum atomic E-state index is 0.498. The van der Waals surface area contributed by atoms with Crippen LogP contribution in [0.5, 0.6) is 0 Å². The average molecular weight is 292 g/mol. The van der Waals surface area contributed by atoms with Crippen molar-refractivity contribution >= 4 is 0 Å². The first kappa shape index (κ1) is 14.9. The van der Waals surface area contributed by atoms with E-state index in [9.17, 15) is 0 Å². The normalized spacial score (nSPS) is 27.3. The molecule has 0 amide bonds. The monoisotopic (exact) mass is 292 g/mol. The number of aromatic nitrogens is 4. The highest BCUT2D eigenvalue weighted by molar-refractivity contribution is 4.93. The number of tetrazole rings is 1. The van der Waals surface area contributed by atoms with Crippen molar-refractivity contribution in [3.63, 3.8) is 0 Å². The van der Waals surface area contributed by atoms with Gasteiger partial charge < -0.3 is 5.32 Å². The maximum atomic E-state index is 4.24. The van der Waals surface area contributed by atoms with Gasteiger partial charge in [-0.2, -0.15) is 0 Å². The highest BCUT2D eigenvalue weighted by Crippen LogP contribution is 2.36. The third-order valence-electron chi connectivity index (χ3n) is 5.00. The number of piperidine rings is 2. The van der Waals surface area contributed by atoms with Crippen LogP contribution < -0.4 is 5.32 Å². The molecule has 1 unspecified atom stereocenters. The molecule has 0 bridgehead atoms. The molecule has 6 heteroatoms. The molecule has 1 aromatic rings. The maximum absolute atomic E-state index is 4.24. The van der Waals surface area contributed by atoms with Crippen molar-refractivity contribution in [3.05, 3.63) is 5.82 Å². The lowest BCUT2D eigenvalue weighted by atomic mass is 9.74. The Bertz CT molecular complexity index is 432. The van der Waals surface area contributed by atoms with Gasteiger partial charge in [0.25, 0.3) is 0 Å². The van der Waals surface area contributed by atoms with Crippen LogP contribution in [0.15, 0.2) is 0 Å². The lowest BCUT2D eigenvalue weighted by Gasteiger charge is -2.45. The molecule has 118 valence electrons. The molecule has 0 saturated carbocycles. The second-order valence-corrected chi connectivity index (χ2v) is 6.77. The maximum Gasteiger partial charge on any atom is 0.165 e. The molecule has 2 fully saturated rings. The van der Waals surface area contributed by atoms with E-state index in [0.717, 1.165) is 25.3 Å². The first-order valence-electron chi connectivity index (χ1n) is 8.49. The molecule has 3 heterocycles. The van der Waals surface area contributed by atoms with E-state index in [1.165, 1.54) is 58.3 Å². The zero-order chi connectivity index (χ0) is 14.5. The highest BCUT2D eigenvalue weighted by Gasteiger charge is 2.36. The molecule has 2 aliphatic rings. The van der Waals surface area contributed by atoms with Crippen LogP contribution in [0.3, 0.4) is 0 Å². The van der Waals surface area contributed by atoms with E-state index >= 15 is 0 Å². The van der Waals surface area contributed by atoms with Crippen LogP contribution in [-0.4, -0.2) is 51.3 Å². The molecule has 0 aliphatic carbocycles. The van der Waals surface area contributed by atoms with E-state index in [1.807, 2.05) is 4.68 Å². The van der Waals surface area contributed by atoms with Crippen molar-refractivity contribution in [1.82, 2.24) is 30.4 Å². The minimum Gasteiger partial charge on any atom is -0.316 e. The molecule has 1 N–H and O–H groups in total. The number of rotatable bonds is 5. The number of nitrogens with zero attached hydrogens (tertiary/aromatic N) is 5. The summed E-state index contributed by atoms with van der Waals surface area (Å²) in [7, 11) is 0. The molecular formula is C15H28N6. The topological polar surface area (TPSA) is 58.9 Å². The Morgan fingerprint density at radius 2 is 2.19 bits per heavy atom. The van der Waals surface area contributed by atoms with Crippen LogP contribution in [-0.2, 0) is 13.1 Å². The molecule has 21 heavy (non-hydrogen) atoms. The molecule has 6 nitrogen and oxygen atoms in total. The van der Waals surface area contributed by atoms with Crippen molar-refractivity contribution in [2.45, 2.75) is 58.5 Å². The zero-order valence-corrected chi connectivity index (χ0v) is 13.2. The Labute approximate surface area is 127 Å². The predicted octanol–water partition coefficient (Wildman–Crippen LogP) is 1.44. The molecule has 0 aromatic carbocycles. The number of aryl methyl sites for hydroxylation is 1. The Balaban J connectivity index is 1.60. The van der Waals surface area contributed by atoms with E-state index in [0.29, 0.717) is 5.41 Å². The number of hydrogen-bond acceptors (Lipinski definition) is 5. The molecule has 2 saturated heterocycles. The lowest BCUT2D eigenvalue weighted by Crippen LogP contribution is -2.50. The van der Waals surface area contributed by atoms with Gasteiger partial charge >= 0.3 is 0 Å². The summed E-state index contributed by atoms with van der Waals surface area (Å²) in [5.74, 6) is 1.03. The van der Waals surface area contributed by atoms with Crippen molar-refractivity contribution in [1.29, 1.82) is 0 Å². The van der Waals surface area contributed by atoms with Crippen LogP contribution in [0.1, 0.15) is 51.3 Å². The second kappa shape index (κ2) is 6.83. The number of hydrogen-bond donors (Lipinski definition) is 1. The summed E-state index contributed by atoms with van der Waals surface area (Å²) >= 11 is 0. The van der Waals surface area contributed by atoms with E-state index in [1.54, 1.807) is 0 Å². The van der Waals surface area contributed by atoms with Gasteiger partial charge in [-0.05, 0) is 61.0 Å². The van der Waals surface area contributed by atoms with Gasteiger partial charge in [0.05, 0.1) is 6.54 Å². The zero-order valence-electron chi connectivity index (χ0n) is 13.2. The van der Waals surface area contributed by atoms with E-state index in [4.69, 9.17) is 0 Å². The van der Waals surface area contributed by atoms with Crippen LogP contribution in [0.2, 0.25) is 0 Å². The summed E-state index contributed by atoms with van der Waals surface area (Å²) in [6.07, 6.45) is 7.69. The van der Waals surface area contributed by atoms with Gasteiger partial charge in [-0.3, -0.25) is 4.90 Å². The molecule has 2 aliphatic heterocycles. The summed E-state index contributed by atoms with van der Waals surface area (Å²) < 4.78 is 1.99. The third kappa shape index (κ3) is 3.61. The summed E-state index contributed by atoms with van der Waals surface area (Å²) in [6.45, 7) is 8.80. The van der Waals surface area contributed by atoms with Crippen molar-refractivity contribution < 1.29 is 0 Å². The largest absolute Gasteiger partial charge is 0.316 e. The Kier molecular flexibility index (Phi) is 4.85. The van der Waals surface area contributed by atoms with Crippen molar-refractivity contribution in [2.75, 3.05) is 26.2 Å². The molecule has 1 aromatic heterocycles. The lowest BCUT2D eigenvalue weighted by molar-refractivity contribution is 0.0576. The fourth-order valence-electron chi connectivity index (χ4n) is 3.84. The predicted molar refractivity (Wildman–Crippen MR) is 81.8 cm³/mol. The van der Waals surface area contributed by atoms with Crippen LogP contribution >= 0.6 is 0 Å². The van der Waals surface area contributed by atoms with Crippen molar-refractivity contribution in [2.24, 2.45) is 5.41 Å². The van der Waals surface area contributed by atoms with E-state index in [-0.39, 0.29) is 0 Å². The highest BCUT2D eigenvalue weighted by atomic mass is 15.5. The fraction of sp³-hybridized carbons (Fsp3) is 0.933. The van der Waals surface area contributed by atoms with Crippen molar-refractivity contribution in [3.8, 4) is 0 Å². The van der Waals surface area contributed by atoms with Gasteiger partial charge in [-0.25, -0.2) is 4.68 Å². The minimum absolute atomic E-state index is 0.498. The first-order valence-corrected chi connectivity index (χ1v) is 8.49. The van der Waals surface area contributed by atoms with Gasteiger partial charge in [-0.15, -0.1) is 5.10 Å². The fourth-order valence-corrected chi connectivity index (χ4v) is 3.84. The number of nitrogens with one attached hydrogen (secondary N) is 1. The summed E-state index contributed by atoms with van der Waals surface area (Å²) in [5.41, 5.74) is 0.498. The molecule has 1 atom stereocenters. The number of likely N-dealkylation sites (tertiary alicyclic amines) is 1. The summed E-state index contributed by atoms with van der Waals surface area (Å²) in [5, 5.41) is 15.8. The summed E-state index contributed by atoms with van der Waals surface area (Å²) in [4.78, 5) is 2.56. The average Bonchev–Trinajstić information content (AvgIpc) is 2.93.